The summed E-state index contributed by atoms with van der Waals surface area (Å²) in [6.45, 7) is 2.44. The topological polar surface area (TPSA) is 49.8 Å². The van der Waals surface area contributed by atoms with Crippen LogP contribution in [0.4, 0.5) is 0 Å². The Kier molecular flexibility index (Phi) is 9.05. The van der Waals surface area contributed by atoms with Crippen LogP contribution in [-0.4, -0.2) is 58.7 Å². The van der Waals surface area contributed by atoms with E-state index in [1.54, 1.807) is 7.11 Å². The molecule has 1 N–H and O–H groups in total. The molecule has 0 aliphatic rings. The molecule has 0 rings (SSSR count). The van der Waals surface area contributed by atoms with E-state index in [1.807, 2.05) is 9.83 Å². The van der Waals surface area contributed by atoms with Gasteiger partial charge in [0.15, 0.2) is 0 Å². The zero-order valence-electron chi connectivity index (χ0n) is 8.12. The summed E-state index contributed by atoms with van der Waals surface area (Å²) >= 11 is -0.319. The van der Waals surface area contributed by atoms with Crippen molar-refractivity contribution >= 4 is 3.79 Å². The van der Waals surface area contributed by atoms with Crippen LogP contribution in [0.1, 0.15) is 0 Å². The molecule has 0 aromatic rings. The first-order chi connectivity index (χ1) is 6.24. The quantitative estimate of drug-likeness (QED) is 0.284. The number of methoxy groups -OCH3 is 1. The van der Waals surface area contributed by atoms with Crippen LogP contribution < -0.4 is 21.2 Å². The van der Waals surface area contributed by atoms with E-state index in [0.717, 1.165) is 0 Å². The molecule has 13 heavy (non-hydrogen) atoms. The van der Waals surface area contributed by atoms with Crippen molar-refractivity contribution in [2.45, 2.75) is 0 Å². The number of alkyl halides is 1. The van der Waals surface area contributed by atoms with Gasteiger partial charge >= 0.3 is 89.4 Å². The summed E-state index contributed by atoms with van der Waals surface area (Å²) in [4.78, 5) is 15.0. The molecule has 0 saturated heterocycles. The van der Waals surface area contributed by atoms with Crippen molar-refractivity contribution < 1.29 is 35.8 Å². The molecule has 0 fully saturated rings. The maximum absolute atomic E-state index is 11.1. The molecule has 0 aliphatic heterocycles. The van der Waals surface area contributed by atoms with Crippen LogP contribution in [0, 0.1) is 0 Å². The van der Waals surface area contributed by atoms with Gasteiger partial charge in [0.2, 0.25) is 0 Å². The summed E-state index contributed by atoms with van der Waals surface area (Å²) in [5, 5.41) is 8.74. The second-order valence-corrected chi connectivity index (χ2v) is 4.82. The number of aliphatic hydroxyl groups excluding tert-OH is 1. The summed E-state index contributed by atoms with van der Waals surface area (Å²) in [5.41, 5.74) is 0. The number of nitrogens with zero attached hydrogens (tertiary/aromatic N) is 1. The van der Waals surface area contributed by atoms with Crippen molar-refractivity contribution in [1.82, 2.24) is 4.90 Å². The zero-order chi connectivity index (χ0) is 10.1. The third kappa shape index (κ3) is 7.36. The third-order valence-corrected chi connectivity index (χ3v) is 3.13. The van der Waals surface area contributed by atoms with Crippen molar-refractivity contribution in [3.05, 3.63) is 0 Å². The van der Waals surface area contributed by atoms with Crippen LogP contribution in [0.2, 0.25) is 0 Å². The van der Waals surface area contributed by atoms with Gasteiger partial charge in [-0.2, -0.15) is 0 Å². The molecule has 0 spiro atoms. The average molecular weight is 302 g/mol. The number of aliphatic hydroxyl groups is 1. The van der Waals surface area contributed by atoms with Crippen molar-refractivity contribution in [2.75, 3.05) is 44.9 Å². The number of hydrogen-bond donors (Lipinski definition) is 1. The van der Waals surface area contributed by atoms with E-state index in [-0.39, 0.29) is 27.8 Å². The number of ether oxygens (including phenoxy) is 1. The Balaban J connectivity index is 3.71. The summed E-state index contributed by atoms with van der Waals surface area (Å²) in [6, 6.07) is 0. The Morgan fingerprint density at radius 3 is 2.69 bits per heavy atom. The molecular formula is C8H17INO3-. The molecular weight excluding hydrogens is 285 g/mol. The second-order valence-electron chi connectivity index (χ2n) is 2.54. The minimum atomic E-state index is -0.319. The summed E-state index contributed by atoms with van der Waals surface area (Å²) < 4.78 is 5.22. The van der Waals surface area contributed by atoms with Gasteiger partial charge in [-0.1, -0.05) is 0 Å². The SMILES string of the molecule is COCCN(CCO)CC(=O)[I-]C. The van der Waals surface area contributed by atoms with Gasteiger partial charge in [0, 0.05) is 0 Å². The van der Waals surface area contributed by atoms with Gasteiger partial charge in [-0.15, -0.1) is 0 Å². The van der Waals surface area contributed by atoms with Crippen LogP contribution in [0.15, 0.2) is 0 Å². The van der Waals surface area contributed by atoms with Crippen molar-refractivity contribution in [1.29, 1.82) is 0 Å². The third-order valence-electron chi connectivity index (χ3n) is 1.59. The normalized spacial score (nSPS) is 11.1. The van der Waals surface area contributed by atoms with Crippen LogP contribution in [0.5, 0.6) is 0 Å². The van der Waals surface area contributed by atoms with Crippen molar-refractivity contribution in [3.63, 3.8) is 0 Å². The molecule has 0 aromatic carbocycles. The predicted octanol–water partition coefficient (Wildman–Crippen LogP) is -3.83. The molecule has 0 atom stereocenters. The van der Waals surface area contributed by atoms with E-state index in [2.05, 4.69) is 0 Å². The maximum atomic E-state index is 11.1. The van der Waals surface area contributed by atoms with E-state index >= 15 is 0 Å². The van der Waals surface area contributed by atoms with Crippen LogP contribution in [0.3, 0.4) is 0 Å². The van der Waals surface area contributed by atoms with Gasteiger partial charge in [0.1, 0.15) is 0 Å². The monoisotopic (exact) mass is 302 g/mol. The fourth-order valence-electron chi connectivity index (χ4n) is 0.867. The molecule has 80 valence electrons. The van der Waals surface area contributed by atoms with E-state index in [0.29, 0.717) is 30.0 Å². The summed E-state index contributed by atoms with van der Waals surface area (Å²) in [5.74, 6) is 0. The Labute approximate surface area is 89.5 Å². The van der Waals surface area contributed by atoms with Gasteiger partial charge in [0.05, 0.1) is 0 Å². The molecule has 4 nitrogen and oxygen atoms in total. The van der Waals surface area contributed by atoms with E-state index in [1.165, 1.54) is 0 Å². The van der Waals surface area contributed by atoms with Gasteiger partial charge < -0.3 is 0 Å². The average Bonchev–Trinajstić information content (AvgIpc) is 2.14. The number of rotatable bonds is 8. The molecule has 5 heteroatoms. The molecule has 0 heterocycles. The van der Waals surface area contributed by atoms with Crippen LogP contribution in [0.25, 0.3) is 0 Å². The van der Waals surface area contributed by atoms with Gasteiger partial charge in [-0.25, -0.2) is 0 Å². The molecule has 0 radical (unpaired) electrons. The van der Waals surface area contributed by atoms with Gasteiger partial charge in [0.25, 0.3) is 0 Å². The van der Waals surface area contributed by atoms with Crippen LogP contribution in [-0.2, 0) is 9.53 Å². The zero-order valence-corrected chi connectivity index (χ0v) is 10.3. The number of halogens is 1. The van der Waals surface area contributed by atoms with E-state index < -0.39 is 0 Å². The van der Waals surface area contributed by atoms with Crippen molar-refractivity contribution in [2.24, 2.45) is 0 Å². The molecule has 0 unspecified atom stereocenters. The molecule has 0 aliphatic carbocycles. The standard InChI is InChI=1S/C8H17INO3/c1-9-8(12)7-10(3-5-11)4-6-13-2/h11H,3-7H2,1-2H3/q-1. The first kappa shape index (κ1) is 13.3. The van der Waals surface area contributed by atoms with Gasteiger partial charge in [-0.3, -0.25) is 0 Å². The Morgan fingerprint density at radius 2 is 2.23 bits per heavy atom. The Morgan fingerprint density at radius 1 is 1.54 bits per heavy atom. The first-order valence-electron chi connectivity index (χ1n) is 4.09. The number of carbonyl (C=O) groups excluding carboxylic acids is 1. The molecule has 0 bridgehead atoms. The first-order valence-corrected chi connectivity index (χ1v) is 7.32. The molecule has 0 amide bonds. The second kappa shape index (κ2) is 8.86. The van der Waals surface area contributed by atoms with Gasteiger partial charge in [-0.05, 0) is 0 Å². The Hall–Kier alpha value is 0.280. The predicted molar refractivity (Wildman–Crippen MR) is 46.3 cm³/mol. The number of hydrogen-bond acceptors (Lipinski definition) is 4. The van der Waals surface area contributed by atoms with Crippen molar-refractivity contribution in [3.8, 4) is 0 Å². The molecule has 0 aromatic heterocycles. The Bertz CT molecular complexity index is 143. The fraction of sp³-hybridized carbons (Fsp3) is 0.875. The minimum absolute atomic E-state index is 0.0963. The van der Waals surface area contributed by atoms with E-state index in [9.17, 15) is 4.79 Å². The molecule has 0 saturated carbocycles. The summed E-state index contributed by atoms with van der Waals surface area (Å²) in [6.07, 6.45) is 0. The fourth-order valence-corrected chi connectivity index (χ4v) is 1.69. The number of carbonyl (C=O) groups is 1. The summed E-state index contributed by atoms with van der Waals surface area (Å²) in [7, 11) is 1.63. The van der Waals surface area contributed by atoms with Crippen LogP contribution >= 0.6 is 0 Å². The van der Waals surface area contributed by atoms with E-state index in [4.69, 9.17) is 9.84 Å².